The molecule has 0 saturated heterocycles. The van der Waals surface area contributed by atoms with Crippen molar-refractivity contribution in [3.8, 4) is 0 Å². The second-order valence-electron chi connectivity index (χ2n) is 5.37. The Hall–Kier alpha value is -1.94. The number of aryl methyl sites for hydroxylation is 1. The number of carbonyl (C=O) groups excluding carboxylic acids is 1. The SMILES string of the molecule is Cc1ccc2cccc(NC(=O)C(C)(C)CN)c2n1. The standard InChI is InChI=1S/C15H19N3O/c1-10-7-8-11-5-4-6-12(13(11)17-10)18-14(19)15(2,3)9-16/h4-8H,9,16H2,1-3H3,(H,18,19). The molecule has 3 N–H and O–H groups in total. The number of nitrogens with zero attached hydrogens (tertiary/aromatic N) is 1. The number of hydrogen-bond acceptors (Lipinski definition) is 3. The van der Waals surface area contributed by atoms with Crippen molar-refractivity contribution in [2.45, 2.75) is 20.8 Å². The quantitative estimate of drug-likeness (QED) is 0.887. The Morgan fingerprint density at radius 3 is 2.74 bits per heavy atom. The van der Waals surface area contributed by atoms with Gasteiger partial charge < -0.3 is 11.1 Å². The molecule has 1 aromatic heterocycles. The summed E-state index contributed by atoms with van der Waals surface area (Å²) in [5.74, 6) is -0.0918. The number of hydrogen-bond donors (Lipinski definition) is 2. The summed E-state index contributed by atoms with van der Waals surface area (Å²) in [7, 11) is 0. The Bertz CT molecular complexity index is 620. The molecular weight excluding hydrogens is 238 g/mol. The van der Waals surface area contributed by atoms with Crippen molar-refractivity contribution >= 4 is 22.5 Å². The fraction of sp³-hybridized carbons (Fsp3) is 0.333. The highest BCUT2D eigenvalue weighted by molar-refractivity contribution is 6.02. The topological polar surface area (TPSA) is 68.0 Å². The summed E-state index contributed by atoms with van der Waals surface area (Å²) < 4.78 is 0. The van der Waals surface area contributed by atoms with Crippen molar-refractivity contribution in [1.29, 1.82) is 0 Å². The predicted molar refractivity (Wildman–Crippen MR) is 77.9 cm³/mol. The van der Waals surface area contributed by atoms with Crippen molar-refractivity contribution in [3.05, 3.63) is 36.0 Å². The van der Waals surface area contributed by atoms with E-state index < -0.39 is 5.41 Å². The summed E-state index contributed by atoms with van der Waals surface area (Å²) in [6, 6.07) is 9.70. The first-order chi connectivity index (χ1) is 8.94. The number of carbonyl (C=O) groups is 1. The lowest BCUT2D eigenvalue weighted by Gasteiger charge is -2.21. The highest BCUT2D eigenvalue weighted by atomic mass is 16.2. The zero-order chi connectivity index (χ0) is 14.0. The first-order valence-corrected chi connectivity index (χ1v) is 6.32. The van der Waals surface area contributed by atoms with E-state index in [9.17, 15) is 4.79 Å². The first-order valence-electron chi connectivity index (χ1n) is 6.32. The molecule has 0 unspecified atom stereocenters. The molecule has 0 radical (unpaired) electrons. The van der Waals surface area contributed by atoms with Gasteiger partial charge in [0.1, 0.15) is 0 Å². The van der Waals surface area contributed by atoms with Crippen molar-refractivity contribution < 1.29 is 4.79 Å². The molecule has 2 aromatic rings. The second-order valence-corrected chi connectivity index (χ2v) is 5.37. The summed E-state index contributed by atoms with van der Waals surface area (Å²) in [5.41, 5.74) is 7.49. The molecule has 0 bridgehead atoms. The van der Waals surface area contributed by atoms with E-state index in [1.165, 1.54) is 0 Å². The molecule has 1 aromatic carbocycles. The number of anilines is 1. The van der Waals surface area contributed by atoms with Crippen molar-refractivity contribution in [2.75, 3.05) is 11.9 Å². The predicted octanol–water partition coefficient (Wildman–Crippen LogP) is 2.47. The van der Waals surface area contributed by atoms with Crippen LogP contribution in [0, 0.1) is 12.3 Å². The van der Waals surface area contributed by atoms with Crippen LogP contribution in [-0.4, -0.2) is 17.4 Å². The van der Waals surface area contributed by atoms with E-state index in [1.807, 2.05) is 51.1 Å². The number of nitrogens with two attached hydrogens (primary N) is 1. The van der Waals surface area contributed by atoms with Gasteiger partial charge in [0.05, 0.1) is 16.6 Å². The first kappa shape index (κ1) is 13.5. The van der Waals surface area contributed by atoms with Gasteiger partial charge in [0.15, 0.2) is 0 Å². The Morgan fingerprint density at radius 1 is 1.32 bits per heavy atom. The molecule has 0 aliphatic rings. The summed E-state index contributed by atoms with van der Waals surface area (Å²) in [4.78, 5) is 16.7. The van der Waals surface area contributed by atoms with Gasteiger partial charge in [0.2, 0.25) is 5.91 Å². The van der Waals surface area contributed by atoms with E-state index >= 15 is 0 Å². The molecule has 100 valence electrons. The molecule has 2 rings (SSSR count). The molecule has 0 aliphatic heterocycles. The van der Waals surface area contributed by atoms with E-state index in [0.29, 0.717) is 6.54 Å². The maximum atomic E-state index is 12.2. The van der Waals surface area contributed by atoms with E-state index in [1.54, 1.807) is 0 Å². The van der Waals surface area contributed by atoms with Crippen LogP contribution in [0.15, 0.2) is 30.3 Å². The van der Waals surface area contributed by atoms with Gasteiger partial charge in [0, 0.05) is 17.6 Å². The van der Waals surface area contributed by atoms with Crippen LogP contribution in [0.5, 0.6) is 0 Å². The van der Waals surface area contributed by atoms with E-state index in [2.05, 4.69) is 10.3 Å². The molecular formula is C15H19N3O. The number of para-hydroxylation sites is 1. The molecule has 0 saturated carbocycles. The Morgan fingerprint density at radius 2 is 2.05 bits per heavy atom. The minimum Gasteiger partial charge on any atom is -0.329 e. The van der Waals surface area contributed by atoms with Gasteiger partial charge in [-0.2, -0.15) is 0 Å². The van der Waals surface area contributed by atoms with Gasteiger partial charge >= 0.3 is 0 Å². The highest BCUT2D eigenvalue weighted by Gasteiger charge is 2.26. The monoisotopic (exact) mass is 257 g/mol. The van der Waals surface area contributed by atoms with Crippen molar-refractivity contribution in [2.24, 2.45) is 11.1 Å². The van der Waals surface area contributed by atoms with Gasteiger partial charge in [-0.3, -0.25) is 9.78 Å². The Balaban J connectivity index is 2.41. The van der Waals surface area contributed by atoms with Gasteiger partial charge in [-0.25, -0.2) is 0 Å². The Kier molecular flexibility index (Phi) is 3.53. The smallest absolute Gasteiger partial charge is 0.231 e. The summed E-state index contributed by atoms with van der Waals surface area (Å²) >= 11 is 0. The zero-order valence-corrected chi connectivity index (χ0v) is 11.5. The van der Waals surface area contributed by atoms with Crippen molar-refractivity contribution in [3.63, 3.8) is 0 Å². The van der Waals surface area contributed by atoms with Crippen LogP contribution in [0.2, 0.25) is 0 Å². The largest absolute Gasteiger partial charge is 0.329 e. The van der Waals surface area contributed by atoms with Crippen LogP contribution in [-0.2, 0) is 4.79 Å². The van der Waals surface area contributed by atoms with E-state index in [4.69, 9.17) is 5.73 Å². The summed E-state index contributed by atoms with van der Waals surface area (Å²) in [6.45, 7) is 5.89. The van der Waals surface area contributed by atoms with Gasteiger partial charge in [-0.1, -0.05) is 18.2 Å². The summed E-state index contributed by atoms with van der Waals surface area (Å²) in [6.07, 6.45) is 0. The molecule has 1 amide bonds. The van der Waals surface area contributed by atoms with E-state index in [-0.39, 0.29) is 5.91 Å². The molecule has 0 spiro atoms. The lowest BCUT2D eigenvalue weighted by molar-refractivity contribution is -0.123. The molecule has 0 fully saturated rings. The zero-order valence-electron chi connectivity index (χ0n) is 11.5. The average molecular weight is 257 g/mol. The van der Waals surface area contributed by atoms with Crippen LogP contribution in [0.1, 0.15) is 19.5 Å². The maximum Gasteiger partial charge on any atom is 0.231 e. The normalized spacial score (nSPS) is 11.6. The van der Waals surface area contributed by atoms with Crippen LogP contribution in [0.25, 0.3) is 10.9 Å². The van der Waals surface area contributed by atoms with Crippen LogP contribution >= 0.6 is 0 Å². The fourth-order valence-electron chi connectivity index (χ4n) is 1.73. The lowest BCUT2D eigenvalue weighted by Crippen LogP contribution is -2.37. The van der Waals surface area contributed by atoms with Crippen LogP contribution in [0.3, 0.4) is 0 Å². The second kappa shape index (κ2) is 4.97. The lowest BCUT2D eigenvalue weighted by atomic mass is 9.92. The average Bonchev–Trinajstić information content (AvgIpc) is 2.39. The van der Waals surface area contributed by atoms with Crippen molar-refractivity contribution in [1.82, 2.24) is 4.98 Å². The Labute approximate surface area is 113 Å². The van der Waals surface area contributed by atoms with Crippen LogP contribution < -0.4 is 11.1 Å². The fourth-order valence-corrected chi connectivity index (χ4v) is 1.73. The molecule has 4 nitrogen and oxygen atoms in total. The number of pyridine rings is 1. The third kappa shape index (κ3) is 2.74. The number of aromatic nitrogens is 1. The van der Waals surface area contributed by atoms with Crippen LogP contribution in [0.4, 0.5) is 5.69 Å². The minimum absolute atomic E-state index is 0.0918. The number of rotatable bonds is 3. The van der Waals surface area contributed by atoms with E-state index in [0.717, 1.165) is 22.3 Å². The third-order valence-corrected chi connectivity index (χ3v) is 3.23. The molecule has 0 aliphatic carbocycles. The number of amides is 1. The highest BCUT2D eigenvalue weighted by Crippen LogP contribution is 2.24. The number of fused-ring (bicyclic) bond motifs is 1. The van der Waals surface area contributed by atoms with Gasteiger partial charge in [0.25, 0.3) is 0 Å². The van der Waals surface area contributed by atoms with Gasteiger partial charge in [-0.15, -0.1) is 0 Å². The van der Waals surface area contributed by atoms with Gasteiger partial charge in [-0.05, 0) is 32.9 Å². The number of nitrogens with one attached hydrogen (secondary N) is 1. The molecule has 1 heterocycles. The molecule has 19 heavy (non-hydrogen) atoms. The molecule has 0 atom stereocenters. The summed E-state index contributed by atoms with van der Waals surface area (Å²) in [5, 5.41) is 3.93. The third-order valence-electron chi connectivity index (χ3n) is 3.23. The maximum absolute atomic E-state index is 12.2. The molecule has 4 heteroatoms. The minimum atomic E-state index is -0.591. The number of benzene rings is 1.